The Morgan fingerprint density at radius 1 is 1.53 bits per heavy atom. The van der Waals surface area contributed by atoms with Gasteiger partial charge in [0.05, 0.1) is 12.1 Å². The molecule has 0 saturated carbocycles. The first-order chi connectivity index (χ1) is 7.14. The molecule has 82 valence electrons. The van der Waals surface area contributed by atoms with Crippen molar-refractivity contribution in [3.63, 3.8) is 0 Å². The number of anilines is 1. The van der Waals surface area contributed by atoms with E-state index < -0.39 is 0 Å². The van der Waals surface area contributed by atoms with Crippen LogP contribution in [0.25, 0.3) is 0 Å². The zero-order valence-electron chi connectivity index (χ0n) is 9.14. The standard InChI is InChI=1S/C12H16BrNO/c1-12(8-15-2)7-6-9-10(13)4-3-5-11(9)14-12/h3-5,14H,6-8H2,1-2H3. The van der Waals surface area contributed by atoms with Gasteiger partial charge in [0, 0.05) is 17.3 Å². The molecule has 1 N–H and O–H groups in total. The van der Waals surface area contributed by atoms with Crippen LogP contribution in [0.4, 0.5) is 5.69 Å². The van der Waals surface area contributed by atoms with Crippen LogP contribution >= 0.6 is 15.9 Å². The molecule has 1 aliphatic heterocycles. The fourth-order valence-corrected chi connectivity index (χ4v) is 2.71. The summed E-state index contributed by atoms with van der Waals surface area (Å²) in [5.74, 6) is 0. The minimum absolute atomic E-state index is 0.0720. The lowest BCUT2D eigenvalue weighted by Crippen LogP contribution is -2.42. The van der Waals surface area contributed by atoms with E-state index in [1.54, 1.807) is 7.11 Å². The molecule has 1 atom stereocenters. The molecule has 1 aromatic carbocycles. The third-order valence-electron chi connectivity index (χ3n) is 2.94. The molecule has 1 aromatic rings. The van der Waals surface area contributed by atoms with Crippen molar-refractivity contribution in [1.29, 1.82) is 0 Å². The van der Waals surface area contributed by atoms with Crippen molar-refractivity contribution in [1.82, 2.24) is 0 Å². The zero-order valence-corrected chi connectivity index (χ0v) is 10.7. The summed E-state index contributed by atoms with van der Waals surface area (Å²) in [6.45, 7) is 2.96. The molecule has 0 bridgehead atoms. The van der Waals surface area contributed by atoms with E-state index >= 15 is 0 Å². The number of methoxy groups -OCH3 is 1. The lowest BCUT2D eigenvalue weighted by molar-refractivity contribution is 0.144. The zero-order chi connectivity index (χ0) is 10.9. The molecule has 1 heterocycles. The van der Waals surface area contributed by atoms with Crippen LogP contribution in [0.2, 0.25) is 0 Å². The molecule has 0 radical (unpaired) electrons. The Bertz CT molecular complexity index is 367. The highest BCUT2D eigenvalue weighted by atomic mass is 79.9. The first-order valence-electron chi connectivity index (χ1n) is 5.19. The maximum atomic E-state index is 5.26. The Hall–Kier alpha value is -0.540. The Morgan fingerprint density at radius 3 is 3.07 bits per heavy atom. The first kappa shape index (κ1) is 11.0. The van der Waals surface area contributed by atoms with Gasteiger partial charge in [0.2, 0.25) is 0 Å². The van der Waals surface area contributed by atoms with Crippen LogP contribution < -0.4 is 5.32 Å². The Labute approximate surface area is 99.1 Å². The van der Waals surface area contributed by atoms with Crippen LogP contribution in [0.5, 0.6) is 0 Å². The van der Waals surface area contributed by atoms with Crippen LogP contribution in [-0.4, -0.2) is 19.3 Å². The average molecular weight is 270 g/mol. The summed E-state index contributed by atoms with van der Waals surface area (Å²) >= 11 is 3.59. The van der Waals surface area contributed by atoms with Gasteiger partial charge in [0.1, 0.15) is 0 Å². The van der Waals surface area contributed by atoms with Crippen LogP contribution in [0.1, 0.15) is 18.9 Å². The Balaban J connectivity index is 2.27. The van der Waals surface area contributed by atoms with E-state index in [1.165, 1.54) is 15.7 Å². The number of ether oxygens (including phenoxy) is 1. The smallest absolute Gasteiger partial charge is 0.0690 e. The van der Waals surface area contributed by atoms with Crippen LogP contribution in [0, 0.1) is 0 Å². The van der Waals surface area contributed by atoms with Crippen molar-refractivity contribution >= 4 is 21.6 Å². The highest BCUT2D eigenvalue weighted by molar-refractivity contribution is 9.10. The summed E-state index contributed by atoms with van der Waals surface area (Å²) < 4.78 is 6.46. The van der Waals surface area contributed by atoms with Gasteiger partial charge >= 0.3 is 0 Å². The van der Waals surface area contributed by atoms with Gasteiger partial charge in [-0.2, -0.15) is 0 Å². The van der Waals surface area contributed by atoms with Gasteiger partial charge in [0.15, 0.2) is 0 Å². The highest BCUT2D eigenvalue weighted by Gasteiger charge is 2.29. The molecular weight excluding hydrogens is 254 g/mol. The van der Waals surface area contributed by atoms with Crippen molar-refractivity contribution < 1.29 is 4.74 Å². The van der Waals surface area contributed by atoms with Crippen LogP contribution in [0.15, 0.2) is 22.7 Å². The van der Waals surface area contributed by atoms with Gasteiger partial charge in [-0.05, 0) is 37.5 Å². The second-order valence-electron chi connectivity index (χ2n) is 4.38. The van der Waals surface area contributed by atoms with Crippen molar-refractivity contribution in [2.75, 3.05) is 19.0 Å². The lowest BCUT2D eigenvalue weighted by Gasteiger charge is -2.36. The number of fused-ring (bicyclic) bond motifs is 1. The number of hydrogen-bond donors (Lipinski definition) is 1. The summed E-state index contributed by atoms with van der Waals surface area (Å²) in [6, 6.07) is 6.29. The molecule has 0 amide bonds. The van der Waals surface area contributed by atoms with Gasteiger partial charge in [-0.1, -0.05) is 22.0 Å². The van der Waals surface area contributed by atoms with Crippen molar-refractivity contribution in [3.05, 3.63) is 28.2 Å². The van der Waals surface area contributed by atoms with E-state index in [4.69, 9.17) is 4.74 Å². The summed E-state index contributed by atoms with van der Waals surface area (Å²) in [5, 5.41) is 3.56. The summed E-state index contributed by atoms with van der Waals surface area (Å²) in [7, 11) is 1.75. The Kier molecular flexibility index (Phi) is 3.03. The molecule has 0 fully saturated rings. The lowest BCUT2D eigenvalue weighted by atomic mass is 9.88. The normalized spacial score (nSPS) is 24.5. The van der Waals surface area contributed by atoms with Gasteiger partial charge in [0.25, 0.3) is 0 Å². The number of benzene rings is 1. The second kappa shape index (κ2) is 4.14. The van der Waals surface area contributed by atoms with E-state index in [0.29, 0.717) is 0 Å². The van der Waals surface area contributed by atoms with Crippen LogP contribution in [0.3, 0.4) is 0 Å². The number of hydrogen-bond acceptors (Lipinski definition) is 2. The van der Waals surface area contributed by atoms with E-state index in [0.717, 1.165) is 19.4 Å². The molecule has 2 nitrogen and oxygen atoms in total. The van der Waals surface area contributed by atoms with Gasteiger partial charge < -0.3 is 10.1 Å². The molecule has 1 unspecified atom stereocenters. The monoisotopic (exact) mass is 269 g/mol. The summed E-state index contributed by atoms with van der Waals surface area (Å²) in [4.78, 5) is 0. The van der Waals surface area contributed by atoms with E-state index in [-0.39, 0.29) is 5.54 Å². The SMILES string of the molecule is COCC1(C)CCc2c(Br)cccc2N1. The average Bonchev–Trinajstić information content (AvgIpc) is 2.17. The minimum Gasteiger partial charge on any atom is -0.382 e. The van der Waals surface area contributed by atoms with Gasteiger partial charge in [-0.3, -0.25) is 0 Å². The molecule has 1 aliphatic rings. The first-order valence-corrected chi connectivity index (χ1v) is 5.98. The largest absolute Gasteiger partial charge is 0.382 e. The summed E-state index contributed by atoms with van der Waals surface area (Å²) in [5.41, 5.74) is 2.68. The third-order valence-corrected chi connectivity index (χ3v) is 3.69. The fraction of sp³-hybridized carbons (Fsp3) is 0.500. The minimum atomic E-state index is 0.0720. The maximum Gasteiger partial charge on any atom is 0.0690 e. The molecule has 0 aromatic heterocycles. The number of halogens is 1. The van der Waals surface area contributed by atoms with Crippen molar-refractivity contribution in [3.8, 4) is 0 Å². The third kappa shape index (κ3) is 2.18. The van der Waals surface area contributed by atoms with Crippen LogP contribution in [-0.2, 0) is 11.2 Å². The molecule has 0 spiro atoms. The quantitative estimate of drug-likeness (QED) is 0.891. The predicted molar refractivity (Wildman–Crippen MR) is 66.4 cm³/mol. The maximum absolute atomic E-state index is 5.26. The molecule has 15 heavy (non-hydrogen) atoms. The number of nitrogens with one attached hydrogen (secondary N) is 1. The molecule has 2 rings (SSSR count). The van der Waals surface area contributed by atoms with Crippen molar-refractivity contribution in [2.24, 2.45) is 0 Å². The molecular formula is C12H16BrNO. The van der Waals surface area contributed by atoms with E-state index in [9.17, 15) is 0 Å². The molecule has 0 saturated heterocycles. The predicted octanol–water partition coefficient (Wildman–Crippen LogP) is 3.21. The fourth-order valence-electron chi connectivity index (χ4n) is 2.15. The highest BCUT2D eigenvalue weighted by Crippen LogP contribution is 2.34. The molecule has 0 aliphatic carbocycles. The van der Waals surface area contributed by atoms with Gasteiger partial charge in [-0.15, -0.1) is 0 Å². The number of rotatable bonds is 2. The molecule has 3 heteroatoms. The second-order valence-corrected chi connectivity index (χ2v) is 5.24. The van der Waals surface area contributed by atoms with Crippen molar-refractivity contribution in [2.45, 2.75) is 25.3 Å². The van der Waals surface area contributed by atoms with Gasteiger partial charge in [-0.25, -0.2) is 0 Å². The Morgan fingerprint density at radius 2 is 2.33 bits per heavy atom. The van der Waals surface area contributed by atoms with E-state index in [2.05, 4.69) is 46.4 Å². The topological polar surface area (TPSA) is 21.3 Å². The summed E-state index contributed by atoms with van der Waals surface area (Å²) in [6.07, 6.45) is 2.21. The van der Waals surface area contributed by atoms with E-state index in [1.807, 2.05) is 0 Å².